The Morgan fingerprint density at radius 3 is 2.67 bits per heavy atom. The molecule has 1 rings (SSSR count). The van der Waals surface area contributed by atoms with Crippen LogP contribution in [-0.4, -0.2) is 56.4 Å². The number of hydrogen-bond acceptors (Lipinski definition) is 4. The summed E-state index contributed by atoms with van der Waals surface area (Å²) in [6.45, 7) is 9.19. The summed E-state index contributed by atoms with van der Waals surface area (Å²) in [5.41, 5.74) is 1.34. The van der Waals surface area contributed by atoms with Crippen LogP contribution in [0.4, 0.5) is 0 Å². The molecule has 1 unspecified atom stereocenters. The Balaban J connectivity index is 2.24. The second kappa shape index (κ2) is 8.37. The van der Waals surface area contributed by atoms with Gasteiger partial charge in [-0.15, -0.1) is 0 Å². The van der Waals surface area contributed by atoms with Gasteiger partial charge in [-0.2, -0.15) is 0 Å². The molecule has 0 bridgehead atoms. The molecule has 120 valence electrons. The molecule has 0 aliphatic heterocycles. The van der Waals surface area contributed by atoms with E-state index in [2.05, 4.69) is 38.2 Å². The van der Waals surface area contributed by atoms with E-state index in [4.69, 9.17) is 4.74 Å². The molecule has 0 fully saturated rings. The van der Waals surface area contributed by atoms with Crippen LogP contribution in [0, 0.1) is 12.3 Å². The van der Waals surface area contributed by atoms with Crippen LogP contribution in [0.15, 0.2) is 24.3 Å². The van der Waals surface area contributed by atoms with E-state index in [0.717, 1.165) is 24.4 Å². The Bertz CT molecular complexity index is 419. The summed E-state index contributed by atoms with van der Waals surface area (Å²) >= 11 is 0. The Labute approximate surface area is 129 Å². The molecule has 0 saturated heterocycles. The van der Waals surface area contributed by atoms with Crippen LogP contribution in [0.1, 0.15) is 19.4 Å². The Hall–Kier alpha value is -1.10. The van der Waals surface area contributed by atoms with Gasteiger partial charge in [0.15, 0.2) is 0 Å². The number of nitrogens with one attached hydrogen (secondary N) is 1. The number of aliphatic hydroxyl groups is 1. The number of aliphatic hydroxyl groups excluding tert-OH is 1. The smallest absolute Gasteiger partial charge is 0.119 e. The maximum atomic E-state index is 9.96. The highest BCUT2D eigenvalue weighted by Crippen LogP contribution is 2.14. The maximum Gasteiger partial charge on any atom is 0.119 e. The lowest BCUT2D eigenvalue weighted by molar-refractivity contribution is 0.102. The van der Waals surface area contributed by atoms with Crippen LogP contribution < -0.4 is 10.1 Å². The second-order valence-corrected chi connectivity index (χ2v) is 6.81. The largest absolute Gasteiger partial charge is 0.491 e. The number of hydrogen-bond donors (Lipinski definition) is 2. The summed E-state index contributed by atoms with van der Waals surface area (Å²) in [7, 11) is 4.15. The third-order valence-corrected chi connectivity index (χ3v) is 3.16. The van der Waals surface area contributed by atoms with E-state index in [1.807, 2.05) is 31.2 Å². The fourth-order valence-corrected chi connectivity index (χ4v) is 2.45. The molecule has 1 aromatic carbocycles. The molecular formula is C17H30N2O2. The zero-order valence-electron chi connectivity index (χ0n) is 14.0. The molecule has 1 aromatic rings. The summed E-state index contributed by atoms with van der Waals surface area (Å²) in [5, 5.41) is 13.3. The first-order valence-corrected chi connectivity index (χ1v) is 7.51. The monoisotopic (exact) mass is 294 g/mol. The summed E-state index contributed by atoms with van der Waals surface area (Å²) < 4.78 is 5.60. The fraction of sp³-hybridized carbons (Fsp3) is 0.647. The van der Waals surface area contributed by atoms with E-state index >= 15 is 0 Å². The highest BCUT2D eigenvalue weighted by atomic mass is 16.5. The van der Waals surface area contributed by atoms with Gasteiger partial charge >= 0.3 is 0 Å². The number of ether oxygens (including phenoxy) is 1. The molecule has 0 heterocycles. The van der Waals surface area contributed by atoms with E-state index in [1.54, 1.807) is 0 Å². The first kappa shape index (κ1) is 18.0. The minimum Gasteiger partial charge on any atom is -0.491 e. The zero-order valence-corrected chi connectivity index (χ0v) is 14.0. The Morgan fingerprint density at radius 2 is 2.05 bits per heavy atom. The fourth-order valence-electron chi connectivity index (χ4n) is 2.45. The van der Waals surface area contributed by atoms with Crippen molar-refractivity contribution in [1.82, 2.24) is 10.2 Å². The minimum absolute atomic E-state index is 0.181. The van der Waals surface area contributed by atoms with Gasteiger partial charge in [-0.25, -0.2) is 0 Å². The van der Waals surface area contributed by atoms with Gasteiger partial charge in [0, 0.05) is 19.6 Å². The van der Waals surface area contributed by atoms with Crippen LogP contribution in [0.25, 0.3) is 0 Å². The molecule has 21 heavy (non-hydrogen) atoms. The van der Waals surface area contributed by atoms with Gasteiger partial charge in [-0.05, 0) is 44.1 Å². The van der Waals surface area contributed by atoms with E-state index < -0.39 is 6.10 Å². The van der Waals surface area contributed by atoms with Gasteiger partial charge in [0.05, 0.1) is 0 Å². The van der Waals surface area contributed by atoms with Gasteiger partial charge in [-0.3, -0.25) is 0 Å². The van der Waals surface area contributed by atoms with E-state index in [0.29, 0.717) is 13.2 Å². The summed E-state index contributed by atoms with van der Waals surface area (Å²) in [6.07, 6.45) is -0.499. The predicted molar refractivity (Wildman–Crippen MR) is 87.9 cm³/mol. The van der Waals surface area contributed by atoms with Crippen molar-refractivity contribution in [3.63, 3.8) is 0 Å². The second-order valence-electron chi connectivity index (χ2n) is 6.81. The van der Waals surface area contributed by atoms with Gasteiger partial charge < -0.3 is 20.1 Å². The van der Waals surface area contributed by atoms with Crippen molar-refractivity contribution >= 4 is 0 Å². The number of rotatable bonds is 9. The number of nitrogens with zero attached hydrogens (tertiary/aromatic N) is 1. The van der Waals surface area contributed by atoms with Crippen molar-refractivity contribution < 1.29 is 9.84 Å². The summed E-state index contributed by atoms with van der Waals surface area (Å²) in [6, 6.07) is 7.87. The molecule has 4 heteroatoms. The molecule has 0 saturated carbocycles. The molecule has 0 aliphatic carbocycles. The van der Waals surface area contributed by atoms with Gasteiger partial charge in [0.1, 0.15) is 18.5 Å². The van der Waals surface area contributed by atoms with Crippen LogP contribution in [-0.2, 0) is 0 Å². The lowest BCUT2D eigenvalue weighted by Gasteiger charge is -2.29. The van der Waals surface area contributed by atoms with Crippen molar-refractivity contribution in [2.75, 3.05) is 40.3 Å². The highest BCUT2D eigenvalue weighted by Gasteiger charge is 2.18. The van der Waals surface area contributed by atoms with Crippen molar-refractivity contribution in [2.24, 2.45) is 5.41 Å². The quantitative estimate of drug-likeness (QED) is 0.730. The van der Waals surface area contributed by atoms with Crippen LogP contribution in [0.3, 0.4) is 0 Å². The molecule has 0 aromatic heterocycles. The first-order valence-electron chi connectivity index (χ1n) is 7.51. The van der Waals surface area contributed by atoms with Crippen LogP contribution in [0.5, 0.6) is 5.75 Å². The van der Waals surface area contributed by atoms with Crippen molar-refractivity contribution in [3.8, 4) is 5.75 Å². The molecule has 4 nitrogen and oxygen atoms in total. The molecule has 2 N–H and O–H groups in total. The molecule has 0 radical (unpaired) electrons. The van der Waals surface area contributed by atoms with Gasteiger partial charge in [0.2, 0.25) is 0 Å². The standard InChI is InChI=1S/C17H30N2O2/c1-14-7-6-8-16(9-14)21-11-15(20)10-18-12-17(2,3)13-19(4)5/h6-9,15,18,20H,10-13H2,1-5H3. The first-order chi connectivity index (χ1) is 9.78. The normalized spacial score (nSPS) is 13.5. The van der Waals surface area contributed by atoms with Crippen molar-refractivity contribution in [1.29, 1.82) is 0 Å². The Kier molecular flexibility index (Phi) is 7.15. The average molecular weight is 294 g/mol. The predicted octanol–water partition coefficient (Wildman–Crippen LogP) is 1.91. The Morgan fingerprint density at radius 1 is 1.33 bits per heavy atom. The SMILES string of the molecule is Cc1cccc(OCC(O)CNCC(C)(C)CN(C)C)c1. The lowest BCUT2D eigenvalue weighted by Crippen LogP contribution is -2.41. The molecule has 0 amide bonds. The van der Waals surface area contributed by atoms with Gasteiger partial charge in [-0.1, -0.05) is 26.0 Å². The minimum atomic E-state index is -0.499. The molecule has 0 aliphatic rings. The third kappa shape index (κ3) is 8.05. The van der Waals surface area contributed by atoms with Crippen molar-refractivity contribution in [2.45, 2.75) is 26.9 Å². The third-order valence-electron chi connectivity index (χ3n) is 3.16. The molecule has 0 spiro atoms. The van der Waals surface area contributed by atoms with Crippen molar-refractivity contribution in [3.05, 3.63) is 29.8 Å². The summed E-state index contributed by atoms with van der Waals surface area (Å²) in [5.74, 6) is 0.807. The average Bonchev–Trinajstić information content (AvgIpc) is 2.34. The number of benzene rings is 1. The van der Waals surface area contributed by atoms with Gasteiger partial charge in [0.25, 0.3) is 0 Å². The van der Waals surface area contributed by atoms with Crippen LogP contribution in [0.2, 0.25) is 0 Å². The zero-order chi connectivity index (χ0) is 15.9. The maximum absolute atomic E-state index is 9.96. The molecule has 1 atom stereocenters. The van der Waals surface area contributed by atoms with E-state index in [-0.39, 0.29) is 5.41 Å². The van der Waals surface area contributed by atoms with Crippen LogP contribution >= 0.6 is 0 Å². The molecular weight excluding hydrogens is 264 g/mol. The topological polar surface area (TPSA) is 44.7 Å². The van der Waals surface area contributed by atoms with E-state index in [9.17, 15) is 5.11 Å². The highest BCUT2D eigenvalue weighted by molar-refractivity contribution is 5.27. The summed E-state index contributed by atoms with van der Waals surface area (Å²) in [4.78, 5) is 2.18. The van der Waals surface area contributed by atoms with E-state index in [1.165, 1.54) is 0 Å². The number of aryl methyl sites for hydroxylation is 1. The lowest BCUT2D eigenvalue weighted by atomic mass is 9.93.